The number of fused-ring (bicyclic) bond motifs is 6. The highest BCUT2D eigenvalue weighted by Crippen LogP contribution is 2.56. The zero-order valence-electron chi connectivity index (χ0n) is 13.9. The fraction of sp³-hybridized carbons (Fsp3) is 0.526. The van der Waals surface area contributed by atoms with Gasteiger partial charge in [-0.1, -0.05) is 12.2 Å². The van der Waals surface area contributed by atoms with Gasteiger partial charge in [-0.2, -0.15) is 0 Å². The Balaban J connectivity index is 1.31. The summed E-state index contributed by atoms with van der Waals surface area (Å²) in [6.07, 6.45) is 9.43. The average Bonchev–Trinajstić information content (AvgIpc) is 3.34. The molecule has 1 heterocycles. The molecule has 1 aromatic carbocycles. The Hall–Kier alpha value is -1.95. The molecular weight excluding hydrogens is 334 g/mol. The van der Waals surface area contributed by atoms with Crippen LogP contribution in [0, 0.1) is 33.8 Å². The van der Waals surface area contributed by atoms with Crippen molar-refractivity contribution in [1.29, 1.82) is 0 Å². The summed E-state index contributed by atoms with van der Waals surface area (Å²) >= 11 is 5.71. The maximum absolute atomic E-state index is 11.0. The van der Waals surface area contributed by atoms with Gasteiger partial charge in [0, 0.05) is 30.4 Å². The summed E-state index contributed by atoms with van der Waals surface area (Å²) in [6, 6.07) is 5.57. The first kappa shape index (κ1) is 15.3. The number of benzene rings is 1. The van der Waals surface area contributed by atoms with E-state index in [2.05, 4.69) is 22.4 Å². The van der Waals surface area contributed by atoms with Crippen LogP contribution in [0.5, 0.6) is 0 Å². The van der Waals surface area contributed by atoms with Gasteiger partial charge in [0.1, 0.15) is 0 Å². The van der Waals surface area contributed by atoms with Gasteiger partial charge < -0.3 is 10.2 Å². The van der Waals surface area contributed by atoms with Crippen molar-refractivity contribution >= 4 is 28.7 Å². The monoisotopic (exact) mass is 355 g/mol. The molecule has 0 saturated heterocycles. The number of hydrogen-bond donors (Lipinski definition) is 1. The third-order valence-electron chi connectivity index (χ3n) is 6.73. The molecule has 0 radical (unpaired) electrons. The van der Waals surface area contributed by atoms with Crippen molar-refractivity contribution in [3.05, 3.63) is 46.0 Å². The highest BCUT2D eigenvalue weighted by Gasteiger charge is 2.52. The smallest absolute Gasteiger partial charge is 0.269 e. The van der Waals surface area contributed by atoms with Crippen LogP contribution in [0.25, 0.3) is 0 Å². The van der Waals surface area contributed by atoms with Crippen LogP contribution < -0.4 is 10.2 Å². The summed E-state index contributed by atoms with van der Waals surface area (Å²) in [5.74, 6) is 3.18. The number of nitro groups is 1. The number of rotatable bonds is 2. The number of non-ortho nitro benzene ring substituents is 1. The van der Waals surface area contributed by atoms with Gasteiger partial charge in [0.2, 0.25) is 0 Å². The topological polar surface area (TPSA) is 58.4 Å². The quantitative estimate of drug-likeness (QED) is 0.381. The van der Waals surface area contributed by atoms with E-state index in [4.69, 9.17) is 12.2 Å². The third kappa shape index (κ3) is 2.30. The summed E-state index contributed by atoms with van der Waals surface area (Å²) in [5, 5.41) is 15.4. The van der Waals surface area contributed by atoms with Gasteiger partial charge in [-0.05, 0) is 73.2 Å². The van der Waals surface area contributed by atoms with E-state index in [1.165, 1.54) is 19.3 Å². The van der Waals surface area contributed by atoms with Crippen molar-refractivity contribution in [1.82, 2.24) is 5.32 Å². The van der Waals surface area contributed by atoms with Gasteiger partial charge >= 0.3 is 0 Å². The van der Waals surface area contributed by atoms with Gasteiger partial charge in [-0.15, -0.1) is 0 Å². The Morgan fingerprint density at radius 1 is 1.32 bits per heavy atom. The number of thiocarbonyl (C=S) groups is 1. The van der Waals surface area contributed by atoms with Crippen molar-refractivity contribution in [2.24, 2.45) is 23.7 Å². The van der Waals surface area contributed by atoms with E-state index in [-0.39, 0.29) is 10.6 Å². The first-order valence-corrected chi connectivity index (χ1v) is 9.54. The molecule has 5 nitrogen and oxygen atoms in total. The van der Waals surface area contributed by atoms with Crippen LogP contribution in [0.15, 0.2) is 30.4 Å². The minimum atomic E-state index is -0.333. The molecule has 2 bridgehead atoms. The molecule has 0 amide bonds. The minimum Gasteiger partial charge on any atom is -0.359 e. The van der Waals surface area contributed by atoms with Crippen LogP contribution in [-0.4, -0.2) is 22.6 Å². The largest absolute Gasteiger partial charge is 0.359 e. The average molecular weight is 355 g/mol. The van der Waals surface area contributed by atoms with E-state index >= 15 is 0 Å². The number of anilines is 1. The number of allylic oxidation sites excluding steroid dienone is 2. The zero-order chi connectivity index (χ0) is 17.1. The summed E-state index contributed by atoms with van der Waals surface area (Å²) in [6.45, 7) is 0.801. The fourth-order valence-electron chi connectivity index (χ4n) is 5.66. The molecule has 5 rings (SSSR count). The van der Waals surface area contributed by atoms with E-state index in [1.807, 2.05) is 6.07 Å². The summed E-state index contributed by atoms with van der Waals surface area (Å²) in [4.78, 5) is 12.7. The minimum absolute atomic E-state index is 0.159. The van der Waals surface area contributed by atoms with E-state index in [0.29, 0.717) is 12.0 Å². The van der Waals surface area contributed by atoms with Crippen LogP contribution in [0.1, 0.15) is 24.8 Å². The van der Waals surface area contributed by atoms with Gasteiger partial charge in [0.05, 0.1) is 4.92 Å². The first-order chi connectivity index (χ1) is 12.1. The first-order valence-electron chi connectivity index (χ1n) is 9.14. The standard InChI is InChI=1S/C19H21N3O2S/c23-22(24)13-4-5-18-11(8-13)6-7-21(18)19(25)20-17-10-12-9-16(17)15-3-1-2-14(12)15/h1,3-5,8,12,14-17H,2,6-7,9-10H2,(H,20,25)/t12-,14+,15-,16+,17+/m0/s1. The van der Waals surface area contributed by atoms with Crippen molar-refractivity contribution < 1.29 is 4.92 Å². The van der Waals surface area contributed by atoms with E-state index in [1.54, 1.807) is 12.1 Å². The van der Waals surface area contributed by atoms with Gasteiger partial charge in [-0.3, -0.25) is 10.1 Å². The second-order valence-corrected chi connectivity index (χ2v) is 8.21. The molecule has 1 N–H and O–H groups in total. The summed E-state index contributed by atoms with van der Waals surface area (Å²) in [7, 11) is 0. The van der Waals surface area contributed by atoms with Crippen LogP contribution >= 0.6 is 12.2 Å². The SMILES string of the molecule is O=[N+]([O-])c1ccc2c(c1)CCN2C(=S)N[C@@H]1C[C@@H]2C[C@@H]1[C@H]1C=CC[C@H]21. The predicted molar refractivity (Wildman–Crippen MR) is 101 cm³/mol. The number of nitrogens with zero attached hydrogens (tertiary/aromatic N) is 2. The zero-order valence-corrected chi connectivity index (χ0v) is 14.7. The molecule has 1 aromatic rings. The van der Waals surface area contributed by atoms with Crippen LogP contribution in [0.3, 0.4) is 0 Å². The fourth-order valence-corrected chi connectivity index (χ4v) is 6.00. The summed E-state index contributed by atoms with van der Waals surface area (Å²) < 4.78 is 0. The molecule has 0 unspecified atom stereocenters. The van der Waals surface area contributed by atoms with Crippen molar-refractivity contribution in [3.63, 3.8) is 0 Å². The van der Waals surface area contributed by atoms with E-state index in [0.717, 1.165) is 47.1 Å². The molecule has 0 spiro atoms. The molecule has 6 heteroatoms. The predicted octanol–water partition coefficient (Wildman–Crippen LogP) is 3.43. The van der Waals surface area contributed by atoms with Crippen molar-refractivity contribution in [3.8, 4) is 0 Å². The van der Waals surface area contributed by atoms with E-state index < -0.39 is 0 Å². The number of nitro benzene ring substituents is 1. The van der Waals surface area contributed by atoms with Gasteiger partial charge in [-0.25, -0.2) is 0 Å². The highest BCUT2D eigenvalue weighted by molar-refractivity contribution is 7.80. The molecule has 3 aliphatic carbocycles. The maximum atomic E-state index is 11.0. The molecule has 5 atom stereocenters. The highest BCUT2D eigenvalue weighted by atomic mass is 32.1. The lowest BCUT2D eigenvalue weighted by atomic mass is 9.79. The lowest BCUT2D eigenvalue weighted by molar-refractivity contribution is -0.384. The second kappa shape index (κ2) is 5.53. The van der Waals surface area contributed by atoms with Crippen LogP contribution in [-0.2, 0) is 6.42 Å². The van der Waals surface area contributed by atoms with Gasteiger partial charge in [0.25, 0.3) is 5.69 Å². The molecule has 4 aliphatic rings. The molecule has 2 saturated carbocycles. The van der Waals surface area contributed by atoms with E-state index in [9.17, 15) is 10.1 Å². The van der Waals surface area contributed by atoms with Crippen LogP contribution in [0.2, 0.25) is 0 Å². The lowest BCUT2D eigenvalue weighted by Crippen LogP contribution is -2.48. The Morgan fingerprint density at radius 3 is 3.04 bits per heavy atom. The number of nitrogens with one attached hydrogen (secondary N) is 1. The molecule has 1 aliphatic heterocycles. The Bertz CT molecular complexity index is 793. The normalized spacial score (nSPS) is 34.2. The molecule has 25 heavy (non-hydrogen) atoms. The second-order valence-electron chi connectivity index (χ2n) is 7.83. The third-order valence-corrected chi connectivity index (χ3v) is 7.07. The Labute approximate surface area is 152 Å². The Kier molecular flexibility index (Phi) is 3.39. The molecule has 2 fully saturated rings. The lowest BCUT2D eigenvalue weighted by Gasteiger charge is -2.34. The maximum Gasteiger partial charge on any atom is 0.269 e. The van der Waals surface area contributed by atoms with Gasteiger partial charge in [0.15, 0.2) is 5.11 Å². The number of hydrogen-bond acceptors (Lipinski definition) is 3. The molecule has 0 aromatic heterocycles. The molecule has 130 valence electrons. The van der Waals surface area contributed by atoms with Crippen molar-refractivity contribution in [2.75, 3.05) is 11.4 Å². The van der Waals surface area contributed by atoms with Crippen molar-refractivity contribution in [2.45, 2.75) is 31.7 Å². The summed E-state index contributed by atoms with van der Waals surface area (Å²) in [5.41, 5.74) is 2.20. The Morgan fingerprint density at radius 2 is 2.20 bits per heavy atom. The molecular formula is C19H21N3O2S. The van der Waals surface area contributed by atoms with Crippen LogP contribution in [0.4, 0.5) is 11.4 Å².